The summed E-state index contributed by atoms with van der Waals surface area (Å²) >= 11 is 0. The van der Waals surface area contributed by atoms with Gasteiger partial charge in [-0.1, -0.05) is 30.3 Å². The van der Waals surface area contributed by atoms with Crippen molar-refractivity contribution in [3.8, 4) is 5.75 Å². The molecule has 0 amide bonds. The summed E-state index contributed by atoms with van der Waals surface area (Å²) in [6.07, 6.45) is 0. The van der Waals surface area contributed by atoms with Crippen LogP contribution in [-0.4, -0.2) is 0 Å². The van der Waals surface area contributed by atoms with E-state index in [-0.39, 0.29) is 0 Å². The lowest BCUT2D eigenvalue weighted by molar-refractivity contribution is 0.306. The number of hydrogen-bond donors (Lipinski definition) is 0. The van der Waals surface area contributed by atoms with Crippen LogP contribution in [-0.2, 0) is 6.61 Å². The zero-order chi connectivity index (χ0) is 12.3. The van der Waals surface area contributed by atoms with Gasteiger partial charge in [-0.25, -0.2) is 0 Å². The predicted octanol–water partition coefficient (Wildman–Crippen LogP) is 4.19. The SMILES string of the molecule is Cc1cccc(OCc2ccc(C)c(C)c2)c1. The Bertz CT molecular complexity index is 515. The first-order valence-corrected chi connectivity index (χ1v) is 5.91. The summed E-state index contributed by atoms with van der Waals surface area (Å²) in [5.41, 5.74) is 5.08. The zero-order valence-corrected chi connectivity index (χ0v) is 10.7. The van der Waals surface area contributed by atoms with Gasteiger partial charge < -0.3 is 4.74 Å². The Morgan fingerprint density at radius 2 is 1.71 bits per heavy atom. The molecule has 0 saturated carbocycles. The highest BCUT2D eigenvalue weighted by atomic mass is 16.5. The van der Waals surface area contributed by atoms with E-state index >= 15 is 0 Å². The van der Waals surface area contributed by atoms with Crippen LogP contribution in [0.15, 0.2) is 42.5 Å². The number of aryl methyl sites for hydroxylation is 3. The Morgan fingerprint density at radius 1 is 0.882 bits per heavy atom. The Hall–Kier alpha value is -1.76. The zero-order valence-electron chi connectivity index (χ0n) is 10.7. The van der Waals surface area contributed by atoms with Gasteiger partial charge in [-0.05, 0) is 55.2 Å². The van der Waals surface area contributed by atoms with Crippen molar-refractivity contribution in [1.82, 2.24) is 0 Å². The van der Waals surface area contributed by atoms with E-state index in [1.807, 2.05) is 12.1 Å². The van der Waals surface area contributed by atoms with Crippen LogP contribution in [0.3, 0.4) is 0 Å². The van der Waals surface area contributed by atoms with Crippen molar-refractivity contribution in [1.29, 1.82) is 0 Å². The first kappa shape index (κ1) is 11.7. The summed E-state index contributed by atoms with van der Waals surface area (Å²) in [5.74, 6) is 0.934. The molecular formula is C16H18O. The Labute approximate surface area is 103 Å². The molecule has 88 valence electrons. The van der Waals surface area contributed by atoms with E-state index in [4.69, 9.17) is 4.74 Å². The van der Waals surface area contributed by atoms with Gasteiger partial charge in [0.05, 0.1) is 0 Å². The van der Waals surface area contributed by atoms with E-state index in [2.05, 4.69) is 51.1 Å². The van der Waals surface area contributed by atoms with Gasteiger partial charge in [0.2, 0.25) is 0 Å². The molecule has 0 spiro atoms. The van der Waals surface area contributed by atoms with Crippen LogP contribution in [0.2, 0.25) is 0 Å². The molecule has 2 aromatic rings. The molecule has 2 rings (SSSR count). The minimum atomic E-state index is 0.630. The second kappa shape index (κ2) is 5.05. The summed E-state index contributed by atoms with van der Waals surface area (Å²) < 4.78 is 5.77. The van der Waals surface area contributed by atoms with Crippen molar-refractivity contribution in [3.05, 3.63) is 64.7 Å². The molecule has 0 N–H and O–H groups in total. The van der Waals surface area contributed by atoms with Crippen molar-refractivity contribution in [3.63, 3.8) is 0 Å². The van der Waals surface area contributed by atoms with Crippen LogP contribution in [0.25, 0.3) is 0 Å². The average Bonchev–Trinajstić information content (AvgIpc) is 2.31. The summed E-state index contributed by atoms with van der Waals surface area (Å²) in [4.78, 5) is 0. The number of ether oxygens (including phenoxy) is 1. The lowest BCUT2D eigenvalue weighted by Gasteiger charge is -2.08. The van der Waals surface area contributed by atoms with E-state index in [1.54, 1.807) is 0 Å². The maximum absolute atomic E-state index is 5.77. The molecular weight excluding hydrogens is 208 g/mol. The van der Waals surface area contributed by atoms with Gasteiger partial charge >= 0.3 is 0 Å². The van der Waals surface area contributed by atoms with E-state index in [0.29, 0.717) is 6.61 Å². The van der Waals surface area contributed by atoms with E-state index < -0.39 is 0 Å². The summed E-state index contributed by atoms with van der Waals surface area (Å²) in [5, 5.41) is 0. The van der Waals surface area contributed by atoms with Gasteiger partial charge in [-0.15, -0.1) is 0 Å². The topological polar surface area (TPSA) is 9.23 Å². The third-order valence-electron chi connectivity index (χ3n) is 2.97. The summed E-state index contributed by atoms with van der Waals surface area (Å²) in [6.45, 7) is 6.96. The number of benzene rings is 2. The molecule has 0 atom stereocenters. The van der Waals surface area contributed by atoms with Crippen molar-refractivity contribution < 1.29 is 4.74 Å². The van der Waals surface area contributed by atoms with Gasteiger partial charge in [0.15, 0.2) is 0 Å². The lowest BCUT2D eigenvalue weighted by atomic mass is 10.1. The smallest absolute Gasteiger partial charge is 0.120 e. The molecule has 1 heteroatoms. The molecule has 0 aromatic heterocycles. The Kier molecular flexibility index (Phi) is 3.48. The highest BCUT2D eigenvalue weighted by molar-refractivity contribution is 5.31. The normalized spacial score (nSPS) is 10.3. The Balaban J connectivity index is 2.05. The monoisotopic (exact) mass is 226 g/mol. The molecule has 0 fully saturated rings. The minimum Gasteiger partial charge on any atom is -0.489 e. The van der Waals surface area contributed by atoms with Crippen molar-refractivity contribution in [2.24, 2.45) is 0 Å². The molecule has 0 radical (unpaired) electrons. The van der Waals surface area contributed by atoms with Gasteiger partial charge in [0, 0.05) is 0 Å². The first-order valence-electron chi connectivity index (χ1n) is 5.91. The van der Waals surface area contributed by atoms with Crippen molar-refractivity contribution in [2.45, 2.75) is 27.4 Å². The van der Waals surface area contributed by atoms with Crippen LogP contribution in [0.1, 0.15) is 22.3 Å². The van der Waals surface area contributed by atoms with Crippen molar-refractivity contribution >= 4 is 0 Å². The second-order valence-electron chi connectivity index (χ2n) is 4.52. The van der Waals surface area contributed by atoms with E-state index in [0.717, 1.165) is 5.75 Å². The molecule has 0 bridgehead atoms. The fraction of sp³-hybridized carbons (Fsp3) is 0.250. The van der Waals surface area contributed by atoms with Gasteiger partial charge in [-0.3, -0.25) is 0 Å². The number of hydrogen-bond acceptors (Lipinski definition) is 1. The lowest BCUT2D eigenvalue weighted by Crippen LogP contribution is -1.96. The molecule has 1 nitrogen and oxygen atoms in total. The minimum absolute atomic E-state index is 0.630. The molecule has 0 heterocycles. The second-order valence-corrected chi connectivity index (χ2v) is 4.52. The van der Waals surface area contributed by atoms with E-state index in [9.17, 15) is 0 Å². The standard InChI is InChI=1S/C16H18O/c1-12-5-4-6-16(9-12)17-11-15-8-7-13(2)14(3)10-15/h4-10H,11H2,1-3H3. The predicted molar refractivity (Wildman–Crippen MR) is 71.4 cm³/mol. The van der Waals surface area contributed by atoms with Crippen LogP contribution in [0.4, 0.5) is 0 Å². The molecule has 0 unspecified atom stereocenters. The number of rotatable bonds is 3. The fourth-order valence-corrected chi connectivity index (χ4v) is 1.77. The average molecular weight is 226 g/mol. The first-order chi connectivity index (χ1) is 8.15. The molecule has 0 aliphatic rings. The van der Waals surface area contributed by atoms with Crippen LogP contribution in [0, 0.1) is 20.8 Å². The van der Waals surface area contributed by atoms with Crippen LogP contribution < -0.4 is 4.74 Å². The quantitative estimate of drug-likeness (QED) is 0.762. The molecule has 17 heavy (non-hydrogen) atoms. The molecule has 0 saturated heterocycles. The van der Waals surface area contributed by atoms with Gasteiger partial charge in [0.1, 0.15) is 12.4 Å². The van der Waals surface area contributed by atoms with Crippen LogP contribution >= 0.6 is 0 Å². The maximum atomic E-state index is 5.77. The van der Waals surface area contributed by atoms with E-state index in [1.165, 1.54) is 22.3 Å². The molecule has 0 aliphatic carbocycles. The maximum Gasteiger partial charge on any atom is 0.120 e. The Morgan fingerprint density at radius 3 is 2.41 bits per heavy atom. The fourth-order valence-electron chi connectivity index (χ4n) is 1.77. The summed E-state index contributed by atoms with van der Waals surface area (Å²) in [6, 6.07) is 14.6. The third-order valence-corrected chi connectivity index (χ3v) is 2.97. The molecule has 0 aliphatic heterocycles. The highest BCUT2D eigenvalue weighted by Crippen LogP contribution is 2.16. The van der Waals surface area contributed by atoms with Gasteiger partial charge in [-0.2, -0.15) is 0 Å². The summed E-state index contributed by atoms with van der Waals surface area (Å²) in [7, 11) is 0. The highest BCUT2D eigenvalue weighted by Gasteiger charge is 1.98. The largest absolute Gasteiger partial charge is 0.489 e. The van der Waals surface area contributed by atoms with Crippen molar-refractivity contribution in [2.75, 3.05) is 0 Å². The third kappa shape index (κ3) is 3.10. The molecule has 2 aromatic carbocycles. The van der Waals surface area contributed by atoms with Gasteiger partial charge in [0.25, 0.3) is 0 Å². The van der Waals surface area contributed by atoms with Crippen LogP contribution in [0.5, 0.6) is 5.75 Å².